The quantitative estimate of drug-likeness (QED) is 0.151. The van der Waals surface area contributed by atoms with Crippen molar-refractivity contribution in [3.05, 3.63) is 113 Å². The number of benzene rings is 4. The molecule has 0 aromatic heterocycles. The van der Waals surface area contributed by atoms with Gasteiger partial charge in [-0.3, -0.25) is 13.9 Å². The zero-order valence-electron chi connectivity index (χ0n) is 29.8. The molecule has 0 saturated carbocycles. The molecule has 11 heteroatoms. The summed E-state index contributed by atoms with van der Waals surface area (Å²) in [4.78, 5) is 30.3. The average Bonchev–Trinajstić information content (AvgIpc) is 3.11. The van der Waals surface area contributed by atoms with E-state index in [1.54, 1.807) is 31.4 Å². The van der Waals surface area contributed by atoms with E-state index in [1.165, 1.54) is 37.3 Å². The first-order valence-electron chi connectivity index (χ1n) is 16.5. The first-order valence-corrected chi connectivity index (χ1v) is 17.9. The molecule has 2 atom stereocenters. The standard InChI is InChI=1S/C39H47N3O7S/c1-8-29(4)40-39(44)35(23-30-13-10-9-11-14-30)41(25-31-15-12-16-33(22-31)47-5)38(43)26-42(32-20-27(2)19-28(3)21-32)50(45,46)34-17-18-36(48-6)37(24-34)49-7/h9-22,24,29,35H,8,23,25-26H2,1-7H3,(H,40,44). The molecule has 0 radical (unpaired) electrons. The molecule has 10 nitrogen and oxygen atoms in total. The summed E-state index contributed by atoms with van der Waals surface area (Å²) in [6.07, 6.45) is 0.905. The maximum atomic E-state index is 14.8. The number of carbonyl (C=O) groups excluding carboxylic acids is 2. The molecular weight excluding hydrogens is 655 g/mol. The maximum absolute atomic E-state index is 14.8. The summed E-state index contributed by atoms with van der Waals surface area (Å²) in [5, 5.41) is 3.06. The van der Waals surface area contributed by atoms with Crippen molar-refractivity contribution in [2.45, 2.75) is 64.1 Å². The zero-order valence-corrected chi connectivity index (χ0v) is 30.6. The Kier molecular flexibility index (Phi) is 12.9. The highest BCUT2D eigenvalue weighted by Crippen LogP contribution is 2.33. The molecule has 0 aliphatic heterocycles. The van der Waals surface area contributed by atoms with Gasteiger partial charge in [0.1, 0.15) is 18.3 Å². The topological polar surface area (TPSA) is 114 Å². The lowest BCUT2D eigenvalue weighted by Crippen LogP contribution is -2.54. The van der Waals surface area contributed by atoms with Crippen LogP contribution in [0.3, 0.4) is 0 Å². The molecule has 2 amide bonds. The Morgan fingerprint density at radius 1 is 0.780 bits per heavy atom. The third-order valence-electron chi connectivity index (χ3n) is 8.48. The normalized spacial score (nSPS) is 12.4. The van der Waals surface area contributed by atoms with Crippen LogP contribution in [0.2, 0.25) is 0 Å². The van der Waals surface area contributed by atoms with Crippen LogP contribution in [0.5, 0.6) is 17.2 Å². The van der Waals surface area contributed by atoms with Gasteiger partial charge in [-0.15, -0.1) is 0 Å². The third-order valence-corrected chi connectivity index (χ3v) is 10.2. The summed E-state index contributed by atoms with van der Waals surface area (Å²) in [5.41, 5.74) is 3.53. The average molecular weight is 702 g/mol. The van der Waals surface area contributed by atoms with Gasteiger partial charge in [-0.1, -0.05) is 55.5 Å². The van der Waals surface area contributed by atoms with Crippen molar-refractivity contribution in [2.24, 2.45) is 0 Å². The molecule has 4 rings (SSSR count). The van der Waals surface area contributed by atoms with Crippen molar-refractivity contribution in [2.75, 3.05) is 32.2 Å². The Morgan fingerprint density at radius 3 is 2.06 bits per heavy atom. The molecule has 1 N–H and O–H groups in total. The van der Waals surface area contributed by atoms with Gasteiger partial charge in [-0.2, -0.15) is 0 Å². The van der Waals surface area contributed by atoms with E-state index in [-0.39, 0.29) is 35.6 Å². The summed E-state index contributed by atoms with van der Waals surface area (Å²) in [6.45, 7) is 7.05. The van der Waals surface area contributed by atoms with Gasteiger partial charge < -0.3 is 24.4 Å². The van der Waals surface area contributed by atoms with Gasteiger partial charge in [0.2, 0.25) is 11.8 Å². The van der Waals surface area contributed by atoms with Crippen LogP contribution in [0, 0.1) is 13.8 Å². The monoisotopic (exact) mass is 701 g/mol. The number of anilines is 1. The maximum Gasteiger partial charge on any atom is 0.264 e. The fourth-order valence-corrected chi connectivity index (χ4v) is 7.10. The second-order valence-corrected chi connectivity index (χ2v) is 14.1. The molecule has 0 bridgehead atoms. The van der Waals surface area contributed by atoms with Gasteiger partial charge in [0.25, 0.3) is 10.0 Å². The Hall–Kier alpha value is -5.03. The number of carbonyl (C=O) groups is 2. The summed E-state index contributed by atoms with van der Waals surface area (Å²) in [5.74, 6) is 0.286. The number of methoxy groups -OCH3 is 3. The SMILES string of the molecule is CCC(C)NC(=O)C(Cc1ccccc1)N(Cc1cccc(OC)c1)C(=O)CN(c1cc(C)cc(C)c1)S(=O)(=O)c1ccc(OC)c(OC)c1. The summed E-state index contributed by atoms with van der Waals surface area (Å²) < 4.78 is 46.4. The van der Waals surface area contributed by atoms with E-state index in [1.807, 2.05) is 76.2 Å². The van der Waals surface area contributed by atoms with Gasteiger partial charge in [0, 0.05) is 25.1 Å². The van der Waals surface area contributed by atoms with Gasteiger partial charge in [0.15, 0.2) is 11.5 Å². The number of sulfonamides is 1. The van der Waals surface area contributed by atoms with E-state index in [2.05, 4.69) is 5.32 Å². The minimum Gasteiger partial charge on any atom is -0.497 e. The minimum atomic E-state index is -4.36. The third kappa shape index (κ3) is 9.35. The highest BCUT2D eigenvalue weighted by atomic mass is 32.2. The van der Waals surface area contributed by atoms with E-state index in [4.69, 9.17) is 14.2 Å². The lowest BCUT2D eigenvalue weighted by Gasteiger charge is -2.34. The lowest BCUT2D eigenvalue weighted by atomic mass is 10.0. The lowest BCUT2D eigenvalue weighted by molar-refractivity contribution is -0.140. The van der Waals surface area contributed by atoms with Gasteiger partial charge in [0.05, 0.1) is 31.9 Å². The van der Waals surface area contributed by atoms with Crippen molar-refractivity contribution in [1.29, 1.82) is 0 Å². The highest BCUT2D eigenvalue weighted by molar-refractivity contribution is 7.92. The van der Waals surface area contributed by atoms with Crippen LogP contribution in [0.25, 0.3) is 0 Å². The molecule has 0 saturated heterocycles. The Morgan fingerprint density at radius 2 is 1.44 bits per heavy atom. The zero-order chi connectivity index (χ0) is 36.4. The van der Waals surface area contributed by atoms with Crippen LogP contribution >= 0.6 is 0 Å². The largest absolute Gasteiger partial charge is 0.497 e. The predicted molar refractivity (Wildman–Crippen MR) is 195 cm³/mol. The van der Waals surface area contributed by atoms with Gasteiger partial charge >= 0.3 is 0 Å². The molecule has 0 aliphatic carbocycles. The Balaban J connectivity index is 1.87. The van der Waals surface area contributed by atoms with Crippen molar-refractivity contribution >= 4 is 27.5 Å². The van der Waals surface area contributed by atoms with Crippen LogP contribution < -0.4 is 23.8 Å². The first kappa shape index (κ1) is 37.8. The van der Waals surface area contributed by atoms with Crippen molar-refractivity contribution in [3.63, 3.8) is 0 Å². The van der Waals surface area contributed by atoms with Crippen LogP contribution in [-0.4, -0.2) is 65.1 Å². The number of rotatable bonds is 16. The molecule has 50 heavy (non-hydrogen) atoms. The number of amides is 2. The minimum absolute atomic E-state index is 0.0263. The molecule has 0 aliphatic rings. The Labute approximate surface area is 296 Å². The van der Waals surface area contributed by atoms with Crippen LogP contribution in [0.4, 0.5) is 5.69 Å². The molecule has 4 aromatic carbocycles. The number of ether oxygens (including phenoxy) is 3. The fourth-order valence-electron chi connectivity index (χ4n) is 5.69. The molecular formula is C39H47N3O7S. The second-order valence-electron chi connectivity index (χ2n) is 12.3. The van der Waals surface area contributed by atoms with E-state index >= 15 is 0 Å². The number of hydrogen-bond donors (Lipinski definition) is 1. The predicted octanol–water partition coefficient (Wildman–Crippen LogP) is 6.08. The molecule has 0 fully saturated rings. The summed E-state index contributed by atoms with van der Waals surface area (Å²) in [6, 6.07) is 25.3. The fraction of sp³-hybridized carbons (Fsp3) is 0.333. The highest BCUT2D eigenvalue weighted by Gasteiger charge is 2.35. The number of nitrogens with zero attached hydrogens (tertiary/aromatic N) is 2. The number of hydrogen-bond acceptors (Lipinski definition) is 7. The van der Waals surface area contributed by atoms with Crippen LogP contribution in [-0.2, 0) is 32.6 Å². The van der Waals surface area contributed by atoms with E-state index < -0.39 is 28.5 Å². The Bertz CT molecular complexity index is 1860. The van der Waals surface area contributed by atoms with Crippen molar-refractivity contribution in [1.82, 2.24) is 10.2 Å². The molecule has 266 valence electrons. The van der Waals surface area contributed by atoms with E-state index in [0.717, 1.165) is 21.0 Å². The van der Waals surface area contributed by atoms with Gasteiger partial charge in [-0.25, -0.2) is 8.42 Å². The van der Waals surface area contributed by atoms with E-state index in [9.17, 15) is 18.0 Å². The molecule has 4 aromatic rings. The van der Waals surface area contributed by atoms with Crippen LogP contribution in [0.1, 0.15) is 42.5 Å². The molecule has 0 spiro atoms. The first-order chi connectivity index (χ1) is 23.9. The summed E-state index contributed by atoms with van der Waals surface area (Å²) >= 11 is 0. The van der Waals surface area contributed by atoms with Gasteiger partial charge in [-0.05, 0) is 85.8 Å². The second kappa shape index (κ2) is 17.1. The summed E-state index contributed by atoms with van der Waals surface area (Å²) in [7, 11) is 0.0896. The van der Waals surface area contributed by atoms with E-state index in [0.29, 0.717) is 29.2 Å². The smallest absolute Gasteiger partial charge is 0.264 e. The number of nitrogens with one attached hydrogen (secondary N) is 1. The van der Waals surface area contributed by atoms with Crippen molar-refractivity contribution in [3.8, 4) is 17.2 Å². The van der Waals surface area contributed by atoms with Crippen LogP contribution in [0.15, 0.2) is 95.9 Å². The molecule has 2 unspecified atom stereocenters. The molecule has 0 heterocycles. The van der Waals surface area contributed by atoms with Crippen molar-refractivity contribution < 1.29 is 32.2 Å². The number of aryl methyl sites for hydroxylation is 2.